The van der Waals surface area contributed by atoms with Crippen LogP contribution in [-0.4, -0.2) is 18.6 Å². The molecular formula is C15H24N2O2. The third-order valence-electron chi connectivity index (χ3n) is 3.68. The first kappa shape index (κ1) is 15.5. The molecule has 0 bridgehead atoms. The fraction of sp³-hybridized carbons (Fsp3) is 0.533. The SMILES string of the molecule is CCC(N)(CC)C(=O)NC(C)c1ccc(OC)cc1. The topological polar surface area (TPSA) is 64.4 Å². The van der Waals surface area contributed by atoms with Gasteiger partial charge in [0.25, 0.3) is 0 Å². The molecule has 1 rings (SSSR count). The van der Waals surface area contributed by atoms with Gasteiger partial charge in [-0.2, -0.15) is 0 Å². The molecule has 0 aliphatic heterocycles. The Kier molecular flexibility index (Phi) is 5.36. The van der Waals surface area contributed by atoms with Crippen LogP contribution < -0.4 is 15.8 Å². The Bertz CT molecular complexity index is 411. The Labute approximate surface area is 115 Å². The maximum Gasteiger partial charge on any atom is 0.240 e. The molecule has 0 heterocycles. The molecule has 1 aromatic rings. The number of ether oxygens (including phenoxy) is 1. The Hall–Kier alpha value is -1.55. The lowest BCUT2D eigenvalue weighted by molar-refractivity contribution is -0.127. The molecule has 0 aromatic heterocycles. The van der Waals surface area contributed by atoms with E-state index in [-0.39, 0.29) is 11.9 Å². The van der Waals surface area contributed by atoms with E-state index in [9.17, 15) is 4.79 Å². The summed E-state index contributed by atoms with van der Waals surface area (Å²) in [5.41, 5.74) is 6.33. The van der Waals surface area contributed by atoms with Gasteiger partial charge in [0.15, 0.2) is 0 Å². The van der Waals surface area contributed by atoms with Crippen LogP contribution in [0.15, 0.2) is 24.3 Å². The molecule has 1 aromatic carbocycles. The van der Waals surface area contributed by atoms with E-state index in [0.717, 1.165) is 11.3 Å². The number of methoxy groups -OCH3 is 1. The molecule has 0 aliphatic rings. The number of benzene rings is 1. The fourth-order valence-corrected chi connectivity index (χ4v) is 1.89. The lowest BCUT2D eigenvalue weighted by atomic mass is 9.92. The Morgan fingerprint density at radius 2 is 1.84 bits per heavy atom. The summed E-state index contributed by atoms with van der Waals surface area (Å²) in [4.78, 5) is 12.2. The average molecular weight is 264 g/mol. The molecule has 4 heteroatoms. The zero-order chi connectivity index (χ0) is 14.5. The van der Waals surface area contributed by atoms with E-state index in [1.165, 1.54) is 0 Å². The molecule has 0 radical (unpaired) electrons. The van der Waals surface area contributed by atoms with Gasteiger partial charge in [0, 0.05) is 0 Å². The van der Waals surface area contributed by atoms with Crippen molar-refractivity contribution in [3.05, 3.63) is 29.8 Å². The molecule has 1 amide bonds. The van der Waals surface area contributed by atoms with E-state index in [1.807, 2.05) is 45.0 Å². The molecule has 0 fully saturated rings. The van der Waals surface area contributed by atoms with Crippen molar-refractivity contribution < 1.29 is 9.53 Å². The van der Waals surface area contributed by atoms with E-state index < -0.39 is 5.54 Å². The van der Waals surface area contributed by atoms with Gasteiger partial charge >= 0.3 is 0 Å². The third-order valence-corrected chi connectivity index (χ3v) is 3.68. The fourth-order valence-electron chi connectivity index (χ4n) is 1.89. The highest BCUT2D eigenvalue weighted by molar-refractivity contribution is 5.86. The smallest absolute Gasteiger partial charge is 0.240 e. The molecule has 1 atom stereocenters. The molecule has 3 N–H and O–H groups in total. The monoisotopic (exact) mass is 264 g/mol. The maximum atomic E-state index is 12.2. The van der Waals surface area contributed by atoms with Crippen molar-refractivity contribution in [2.45, 2.75) is 45.2 Å². The number of nitrogens with one attached hydrogen (secondary N) is 1. The van der Waals surface area contributed by atoms with E-state index >= 15 is 0 Å². The van der Waals surface area contributed by atoms with Gasteiger partial charge in [-0.25, -0.2) is 0 Å². The molecule has 0 spiro atoms. The largest absolute Gasteiger partial charge is 0.497 e. The van der Waals surface area contributed by atoms with Gasteiger partial charge in [-0.3, -0.25) is 4.79 Å². The molecule has 4 nitrogen and oxygen atoms in total. The van der Waals surface area contributed by atoms with Crippen LogP contribution in [0.4, 0.5) is 0 Å². The summed E-state index contributed by atoms with van der Waals surface area (Å²) in [6.45, 7) is 5.81. The highest BCUT2D eigenvalue weighted by atomic mass is 16.5. The van der Waals surface area contributed by atoms with Crippen LogP contribution in [0.25, 0.3) is 0 Å². The highest BCUT2D eigenvalue weighted by Gasteiger charge is 2.30. The van der Waals surface area contributed by atoms with Gasteiger partial charge in [-0.05, 0) is 37.5 Å². The minimum atomic E-state index is -0.777. The van der Waals surface area contributed by atoms with Gasteiger partial charge < -0.3 is 15.8 Å². The van der Waals surface area contributed by atoms with Gasteiger partial charge in [0.1, 0.15) is 5.75 Å². The molecule has 1 unspecified atom stereocenters. The number of nitrogens with two attached hydrogens (primary N) is 1. The van der Waals surface area contributed by atoms with Crippen molar-refractivity contribution in [3.8, 4) is 5.75 Å². The van der Waals surface area contributed by atoms with Crippen molar-refractivity contribution in [1.82, 2.24) is 5.32 Å². The van der Waals surface area contributed by atoms with E-state index in [2.05, 4.69) is 5.32 Å². The van der Waals surface area contributed by atoms with Crippen LogP contribution in [-0.2, 0) is 4.79 Å². The number of carbonyl (C=O) groups excluding carboxylic acids is 1. The molecule has 19 heavy (non-hydrogen) atoms. The zero-order valence-electron chi connectivity index (χ0n) is 12.2. The van der Waals surface area contributed by atoms with Gasteiger partial charge in [-0.15, -0.1) is 0 Å². The minimum absolute atomic E-state index is 0.0700. The standard InChI is InChI=1S/C15H24N2O2/c1-5-15(16,6-2)14(18)17-11(3)12-7-9-13(19-4)10-8-12/h7-11H,5-6,16H2,1-4H3,(H,17,18). The van der Waals surface area contributed by atoms with Crippen LogP contribution >= 0.6 is 0 Å². The quantitative estimate of drug-likeness (QED) is 0.829. The molecule has 106 valence electrons. The minimum Gasteiger partial charge on any atom is -0.497 e. The van der Waals surface area contributed by atoms with Crippen LogP contribution in [0.1, 0.15) is 45.2 Å². The normalized spacial score (nSPS) is 12.9. The summed E-state index contributed by atoms with van der Waals surface area (Å²) in [6, 6.07) is 7.58. The predicted octanol–water partition coefficient (Wildman–Crippen LogP) is 2.39. The van der Waals surface area contributed by atoms with Crippen molar-refractivity contribution in [1.29, 1.82) is 0 Å². The van der Waals surface area contributed by atoms with Crippen LogP contribution in [0.3, 0.4) is 0 Å². The number of carbonyl (C=O) groups is 1. The van der Waals surface area contributed by atoms with Gasteiger partial charge in [-0.1, -0.05) is 26.0 Å². The summed E-state index contributed by atoms with van der Waals surface area (Å²) in [5, 5.41) is 2.97. The second kappa shape index (κ2) is 6.57. The van der Waals surface area contributed by atoms with E-state index in [0.29, 0.717) is 12.8 Å². The summed E-state index contributed by atoms with van der Waals surface area (Å²) < 4.78 is 5.11. The number of hydrogen-bond donors (Lipinski definition) is 2. The first-order valence-corrected chi connectivity index (χ1v) is 6.70. The number of rotatable bonds is 6. The summed E-state index contributed by atoms with van der Waals surface area (Å²) in [7, 11) is 1.63. The number of amides is 1. The zero-order valence-corrected chi connectivity index (χ0v) is 12.2. The molecule has 0 saturated carbocycles. The first-order chi connectivity index (χ1) is 8.96. The molecule has 0 aliphatic carbocycles. The van der Waals surface area contributed by atoms with Crippen LogP contribution in [0.2, 0.25) is 0 Å². The second-order valence-electron chi connectivity index (χ2n) is 4.83. The molecule has 0 saturated heterocycles. The average Bonchev–Trinajstić information content (AvgIpc) is 2.46. The van der Waals surface area contributed by atoms with Gasteiger partial charge in [0.2, 0.25) is 5.91 Å². The van der Waals surface area contributed by atoms with Crippen molar-refractivity contribution in [2.24, 2.45) is 5.73 Å². The Morgan fingerprint density at radius 1 is 1.32 bits per heavy atom. The van der Waals surface area contributed by atoms with Crippen molar-refractivity contribution in [2.75, 3.05) is 7.11 Å². The Morgan fingerprint density at radius 3 is 2.26 bits per heavy atom. The number of hydrogen-bond acceptors (Lipinski definition) is 3. The highest BCUT2D eigenvalue weighted by Crippen LogP contribution is 2.19. The van der Waals surface area contributed by atoms with Gasteiger partial charge in [0.05, 0.1) is 18.7 Å². The van der Waals surface area contributed by atoms with Crippen LogP contribution in [0, 0.1) is 0 Å². The second-order valence-corrected chi connectivity index (χ2v) is 4.83. The van der Waals surface area contributed by atoms with E-state index in [1.54, 1.807) is 7.11 Å². The van der Waals surface area contributed by atoms with E-state index in [4.69, 9.17) is 10.5 Å². The Balaban J connectivity index is 2.73. The van der Waals surface area contributed by atoms with Crippen molar-refractivity contribution >= 4 is 5.91 Å². The first-order valence-electron chi connectivity index (χ1n) is 6.70. The predicted molar refractivity (Wildman–Crippen MR) is 77.1 cm³/mol. The summed E-state index contributed by atoms with van der Waals surface area (Å²) in [6.07, 6.45) is 1.26. The lowest BCUT2D eigenvalue weighted by Gasteiger charge is -2.27. The maximum absolute atomic E-state index is 12.2. The summed E-state index contributed by atoms with van der Waals surface area (Å²) in [5.74, 6) is 0.707. The lowest BCUT2D eigenvalue weighted by Crippen LogP contribution is -2.53. The summed E-state index contributed by atoms with van der Waals surface area (Å²) >= 11 is 0. The third kappa shape index (κ3) is 3.70. The molecular weight excluding hydrogens is 240 g/mol. The van der Waals surface area contributed by atoms with Crippen LogP contribution in [0.5, 0.6) is 5.75 Å². The van der Waals surface area contributed by atoms with Crippen molar-refractivity contribution in [3.63, 3.8) is 0 Å².